The summed E-state index contributed by atoms with van der Waals surface area (Å²) in [7, 11) is 0. The van der Waals surface area contributed by atoms with Crippen LogP contribution in [0.25, 0.3) is 0 Å². The van der Waals surface area contributed by atoms with Crippen molar-refractivity contribution < 1.29 is 20.1 Å². The highest BCUT2D eigenvalue weighted by Crippen LogP contribution is 2.38. The van der Waals surface area contributed by atoms with Gasteiger partial charge in [-0.05, 0) is 12.5 Å². The molecule has 0 aliphatic carbocycles. The number of carbonyl (C=O) groups is 1. The molecular weight excluding hydrogens is 222 g/mol. The van der Waals surface area contributed by atoms with E-state index in [4.69, 9.17) is 22.4 Å². The summed E-state index contributed by atoms with van der Waals surface area (Å²) in [6, 6.07) is -0.292. The van der Waals surface area contributed by atoms with Gasteiger partial charge in [-0.15, -0.1) is 0 Å². The van der Waals surface area contributed by atoms with Gasteiger partial charge >= 0.3 is 5.97 Å². The quantitative estimate of drug-likeness (QED) is 0.572. The van der Waals surface area contributed by atoms with E-state index in [0.29, 0.717) is 5.56 Å². The summed E-state index contributed by atoms with van der Waals surface area (Å²) < 4.78 is 0. The number of hydrogen-bond donors (Lipinski definition) is 4. The lowest BCUT2D eigenvalue weighted by atomic mass is 10.00. The number of aliphatic carboxylic acids is 1. The topological polar surface area (TPSA) is 104 Å². The summed E-state index contributed by atoms with van der Waals surface area (Å²) in [5.41, 5.74) is 5.61. The third-order valence-electron chi connectivity index (χ3n) is 2.10. The fraction of sp³-hybridized carbons (Fsp3) is 0.222. The number of carboxylic acid groups (broad SMARTS) is 1. The summed E-state index contributed by atoms with van der Waals surface area (Å²) in [5, 5.41) is 27.6. The highest BCUT2D eigenvalue weighted by atomic mass is 35.5. The molecule has 1 unspecified atom stereocenters. The number of nitrogens with two attached hydrogens (primary N) is 1. The second-order valence-electron chi connectivity index (χ2n) is 3.08. The molecule has 1 rings (SSSR count). The second kappa shape index (κ2) is 3.96. The molecule has 0 aromatic heterocycles. The van der Waals surface area contributed by atoms with Gasteiger partial charge in [0, 0.05) is 16.7 Å². The number of carboxylic acids is 1. The molecule has 0 aliphatic rings. The molecule has 0 saturated carbocycles. The molecule has 82 valence electrons. The summed E-state index contributed by atoms with van der Waals surface area (Å²) >= 11 is 5.72. The van der Waals surface area contributed by atoms with Crippen molar-refractivity contribution in [3.05, 3.63) is 22.2 Å². The van der Waals surface area contributed by atoms with Gasteiger partial charge in [0.25, 0.3) is 0 Å². The molecule has 0 aliphatic heterocycles. The van der Waals surface area contributed by atoms with E-state index < -0.39 is 23.5 Å². The third-order valence-corrected chi connectivity index (χ3v) is 2.49. The van der Waals surface area contributed by atoms with E-state index in [0.717, 1.165) is 6.07 Å². The minimum atomic E-state index is -1.42. The van der Waals surface area contributed by atoms with E-state index in [2.05, 4.69) is 0 Å². The Kier molecular flexibility index (Phi) is 3.06. The van der Waals surface area contributed by atoms with E-state index >= 15 is 0 Å². The van der Waals surface area contributed by atoms with Crippen molar-refractivity contribution in [1.82, 2.24) is 0 Å². The number of rotatable bonds is 2. The fourth-order valence-corrected chi connectivity index (χ4v) is 1.45. The van der Waals surface area contributed by atoms with Crippen LogP contribution in [-0.4, -0.2) is 21.3 Å². The molecule has 0 heterocycles. The largest absolute Gasteiger partial charge is 0.504 e. The zero-order chi connectivity index (χ0) is 11.7. The van der Waals surface area contributed by atoms with Crippen LogP contribution in [-0.2, 0) is 4.79 Å². The molecule has 15 heavy (non-hydrogen) atoms. The number of phenolic OH excluding ortho intramolecular Hbond substituents is 2. The molecule has 0 saturated heterocycles. The van der Waals surface area contributed by atoms with Gasteiger partial charge in [-0.1, -0.05) is 11.6 Å². The molecule has 0 amide bonds. The monoisotopic (exact) mass is 231 g/mol. The summed E-state index contributed by atoms with van der Waals surface area (Å²) in [6.07, 6.45) is 0. The molecule has 1 aromatic carbocycles. The van der Waals surface area contributed by atoms with Crippen LogP contribution in [0.15, 0.2) is 6.07 Å². The number of halogens is 1. The Labute approximate surface area is 90.7 Å². The Morgan fingerprint density at radius 2 is 2.07 bits per heavy atom. The number of aromatic hydroxyl groups is 2. The maximum Gasteiger partial charge on any atom is 0.325 e. The van der Waals surface area contributed by atoms with Gasteiger partial charge in [0.15, 0.2) is 11.5 Å². The van der Waals surface area contributed by atoms with Gasteiger partial charge < -0.3 is 21.1 Å². The smallest absolute Gasteiger partial charge is 0.325 e. The Bertz CT molecular complexity index is 393. The normalized spacial score (nSPS) is 12.5. The lowest BCUT2D eigenvalue weighted by Crippen LogP contribution is -2.21. The SMILES string of the molecule is Cc1c(Cl)cc(O)c(O)c1C(N)C(=O)O. The van der Waals surface area contributed by atoms with Crippen LogP contribution < -0.4 is 5.73 Å². The van der Waals surface area contributed by atoms with Gasteiger partial charge in [-0.3, -0.25) is 4.79 Å². The Morgan fingerprint density at radius 3 is 2.53 bits per heavy atom. The first kappa shape index (κ1) is 11.6. The molecular formula is C9H10ClNO4. The molecule has 5 N–H and O–H groups in total. The van der Waals surface area contributed by atoms with Crippen molar-refractivity contribution in [1.29, 1.82) is 0 Å². The lowest BCUT2D eigenvalue weighted by molar-refractivity contribution is -0.138. The molecule has 0 bridgehead atoms. The maximum absolute atomic E-state index is 10.7. The van der Waals surface area contributed by atoms with Crippen molar-refractivity contribution >= 4 is 17.6 Å². The second-order valence-corrected chi connectivity index (χ2v) is 3.49. The van der Waals surface area contributed by atoms with Crippen molar-refractivity contribution in [2.24, 2.45) is 5.73 Å². The average molecular weight is 232 g/mol. The number of phenols is 2. The van der Waals surface area contributed by atoms with Crippen LogP contribution in [0.2, 0.25) is 5.02 Å². The molecule has 6 heteroatoms. The average Bonchev–Trinajstić information content (AvgIpc) is 2.15. The minimum absolute atomic E-state index is 0.0764. The highest BCUT2D eigenvalue weighted by molar-refractivity contribution is 6.31. The van der Waals surface area contributed by atoms with Crippen molar-refractivity contribution in [3.8, 4) is 11.5 Å². The lowest BCUT2D eigenvalue weighted by Gasteiger charge is -2.14. The molecule has 0 spiro atoms. The number of hydrogen-bond acceptors (Lipinski definition) is 4. The van der Waals surface area contributed by atoms with E-state index in [9.17, 15) is 15.0 Å². The first-order valence-electron chi connectivity index (χ1n) is 4.05. The Balaban J connectivity index is 3.45. The summed E-state index contributed by atoms with van der Waals surface area (Å²) in [4.78, 5) is 10.7. The molecule has 0 radical (unpaired) electrons. The first-order valence-corrected chi connectivity index (χ1v) is 4.43. The van der Waals surface area contributed by atoms with Crippen LogP contribution in [0, 0.1) is 6.92 Å². The van der Waals surface area contributed by atoms with E-state index in [1.54, 1.807) is 0 Å². The third kappa shape index (κ3) is 1.98. The molecule has 1 atom stereocenters. The highest BCUT2D eigenvalue weighted by Gasteiger charge is 2.24. The summed E-state index contributed by atoms with van der Waals surface area (Å²) in [6.45, 7) is 1.51. The van der Waals surface area contributed by atoms with E-state index in [1.165, 1.54) is 6.92 Å². The predicted octanol–water partition coefficient (Wildman–Crippen LogP) is 1.14. The molecule has 1 aromatic rings. The zero-order valence-corrected chi connectivity index (χ0v) is 8.62. The fourth-order valence-electron chi connectivity index (χ4n) is 1.24. The van der Waals surface area contributed by atoms with Crippen LogP contribution in [0.5, 0.6) is 11.5 Å². The van der Waals surface area contributed by atoms with Gasteiger partial charge in [0.2, 0.25) is 0 Å². The van der Waals surface area contributed by atoms with Crippen molar-refractivity contribution in [3.63, 3.8) is 0 Å². The Morgan fingerprint density at radius 1 is 1.53 bits per heavy atom. The van der Waals surface area contributed by atoms with Gasteiger partial charge in [0.05, 0.1) is 0 Å². The van der Waals surface area contributed by atoms with Crippen LogP contribution in [0.4, 0.5) is 0 Å². The van der Waals surface area contributed by atoms with Crippen molar-refractivity contribution in [2.75, 3.05) is 0 Å². The Hall–Kier alpha value is -1.46. The van der Waals surface area contributed by atoms with Crippen LogP contribution in [0.3, 0.4) is 0 Å². The maximum atomic E-state index is 10.7. The van der Waals surface area contributed by atoms with E-state index in [1.807, 2.05) is 0 Å². The number of benzene rings is 1. The van der Waals surface area contributed by atoms with Crippen LogP contribution in [0.1, 0.15) is 17.2 Å². The standard InChI is InChI=1S/C9H10ClNO4/c1-3-4(10)2-5(12)8(13)6(3)7(11)9(14)15/h2,7,12-13H,11H2,1H3,(H,14,15). The van der Waals surface area contributed by atoms with Crippen molar-refractivity contribution in [2.45, 2.75) is 13.0 Å². The van der Waals surface area contributed by atoms with Gasteiger partial charge in [-0.25, -0.2) is 0 Å². The molecule has 0 fully saturated rings. The van der Waals surface area contributed by atoms with E-state index in [-0.39, 0.29) is 10.6 Å². The van der Waals surface area contributed by atoms with Gasteiger partial charge in [-0.2, -0.15) is 0 Å². The summed E-state index contributed by atoms with van der Waals surface area (Å²) in [5.74, 6) is -2.35. The zero-order valence-electron chi connectivity index (χ0n) is 7.86. The predicted molar refractivity (Wildman–Crippen MR) is 54.1 cm³/mol. The molecule has 5 nitrogen and oxygen atoms in total. The minimum Gasteiger partial charge on any atom is -0.504 e. The van der Waals surface area contributed by atoms with Gasteiger partial charge in [0.1, 0.15) is 6.04 Å². The first-order chi connectivity index (χ1) is 6.86. The van der Waals surface area contributed by atoms with Crippen LogP contribution >= 0.6 is 11.6 Å².